The van der Waals surface area contributed by atoms with E-state index in [-0.39, 0.29) is 22.7 Å². The first kappa shape index (κ1) is 16.0. The molecule has 6 heteroatoms. The average molecular weight is 350 g/mol. The molecule has 0 saturated carbocycles. The third-order valence-electron chi connectivity index (χ3n) is 3.98. The van der Waals surface area contributed by atoms with E-state index in [9.17, 15) is 9.59 Å². The highest BCUT2D eigenvalue weighted by atomic mass is 16.5. The largest absolute Gasteiger partial charge is 0.497 e. The van der Waals surface area contributed by atoms with Gasteiger partial charge in [0.1, 0.15) is 28.2 Å². The second-order valence-electron chi connectivity index (χ2n) is 5.70. The standard InChI is InChI=1S/C20H14O6/c1-11(21)24-19-14-8-7-13(23-2)10-16(14)26-20(22)18(19)17-9-12-5-3-4-6-15(12)25-17/h3-10H,1-2H3. The molecule has 0 radical (unpaired) electrons. The highest BCUT2D eigenvalue weighted by molar-refractivity contribution is 5.94. The highest BCUT2D eigenvalue weighted by Gasteiger charge is 2.22. The summed E-state index contributed by atoms with van der Waals surface area (Å²) >= 11 is 0. The number of hydrogen-bond acceptors (Lipinski definition) is 6. The van der Waals surface area contributed by atoms with Crippen molar-refractivity contribution in [1.29, 1.82) is 0 Å². The van der Waals surface area contributed by atoms with Gasteiger partial charge in [-0.3, -0.25) is 4.79 Å². The lowest BCUT2D eigenvalue weighted by atomic mass is 10.1. The lowest BCUT2D eigenvalue weighted by Crippen LogP contribution is -2.10. The third-order valence-corrected chi connectivity index (χ3v) is 3.98. The summed E-state index contributed by atoms with van der Waals surface area (Å²) < 4.78 is 21.7. The Morgan fingerprint density at radius 3 is 2.54 bits per heavy atom. The molecule has 0 unspecified atom stereocenters. The van der Waals surface area contributed by atoms with Crippen LogP contribution in [0.1, 0.15) is 6.92 Å². The van der Waals surface area contributed by atoms with Gasteiger partial charge in [0.15, 0.2) is 5.75 Å². The Balaban J connectivity index is 2.05. The first-order valence-electron chi connectivity index (χ1n) is 7.89. The van der Waals surface area contributed by atoms with Crippen molar-refractivity contribution in [1.82, 2.24) is 0 Å². The zero-order chi connectivity index (χ0) is 18.3. The molecule has 0 saturated heterocycles. The van der Waals surface area contributed by atoms with Gasteiger partial charge in [0, 0.05) is 18.4 Å². The van der Waals surface area contributed by atoms with Crippen LogP contribution in [-0.4, -0.2) is 13.1 Å². The van der Waals surface area contributed by atoms with Crippen molar-refractivity contribution >= 4 is 27.9 Å². The fourth-order valence-electron chi connectivity index (χ4n) is 2.85. The van der Waals surface area contributed by atoms with E-state index in [1.165, 1.54) is 14.0 Å². The summed E-state index contributed by atoms with van der Waals surface area (Å²) in [6.45, 7) is 1.27. The van der Waals surface area contributed by atoms with Crippen LogP contribution in [0.4, 0.5) is 0 Å². The van der Waals surface area contributed by atoms with Crippen LogP contribution in [0.25, 0.3) is 33.3 Å². The number of ether oxygens (including phenoxy) is 2. The van der Waals surface area contributed by atoms with Crippen LogP contribution in [0, 0.1) is 0 Å². The average Bonchev–Trinajstić information content (AvgIpc) is 3.04. The van der Waals surface area contributed by atoms with Crippen LogP contribution >= 0.6 is 0 Å². The summed E-state index contributed by atoms with van der Waals surface area (Å²) in [6, 6.07) is 14.0. The fraction of sp³-hybridized carbons (Fsp3) is 0.100. The number of methoxy groups -OCH3 is 1. The molecule has 0 atom stereocenters. The van der Waals surface area contributed by atoms with Gasteiger partial charge in [0.2, 0.25) is 0 Å². The van der Waals surface area contributed by atoms with Crippen molar-refractivity contribution < 1.29 is 23.1 Å². The molecular formula is C20H14O6. The minimum atomic E-state index is -0.666. The predicted octanol–water partition coefficient (Wildman–Crippen LogP) is 4.14. The van der Waals surface area contributed by atoms with Crippen molar-refractivity contribution in [3.05, 3.63) is 59.0 Å². The maximum absolute atomic E-state index is 12.7. The molecule has 4 aromatic rings. The van der Waals surface area contributed by atoms with E-state index in [2.05, 4.69) is 0 Å². The number of hydrogen-bond donors (Lipinski definition) is 0. The van der Waals surface area contributed by atoms with Gasteiger partial charge >= 0.3 is 11.6 Å². The highest BCUT2D eigenvalue weighted by Crippen LogP contribution is 2.37. The van der Waals surface area contributed by atoms with Gasteiger partial charge in [-0.2, -0.15) is 0 Å². The van der Waals surface area contributed by atoms with Crippen LogP contribution in [0.3, 0.4) is 0 Å². The van der Waals surface area contributed by atoms with Crippen molar-refractivity contribution in [3.63, 3.8) is 0 Å². The SMILES string of the molecule is COc1ccc2c(OC(C)=O)c(-c3cc4ccccc4o3)c(=O)oc2c1. The normalized spacial score (nSPS) is 11.0. The topological polar surface area (TPSA) is 78.9 Å². The van der Waals surface area contributed by atoms with Gasteiger partial charge in [-0.25, -0.2) is 4.79 Å². The first-order chi connectivity index (χ1) is 12.6. The van der Waals surface area contributed by atoms with E-state index in [0.717, 1.165) is 5.39 Å². The van der Waals surface area contributed by atoms with E-state index in [4.69, 9.17) is 18.3 Å². The maximum Gasteiger partial charge on any atom is 0.351 e. The molecule has 2 heterocycles. The predicted molar refractivity (Wildman–Crippen MR) is 95.6 cm³/mol. The molecule has 0 aliphatic rings. The second-order valence-corrected chi connectivity index (χ2v) is 5.70. The van der Waals surface area contributed by atoms with E-state index in [1.54, 1.807) is 30.3 Å². The molecule has 0 aliphatic heterocycles. The number of esters is 1. The lowest BCUT2D eigenvalue weighted by Gasteiger charge is -2.10. The van der Waals surface area contributed by atoms with Gasteiger partial charge in [0.25, 0.3) is 0 Å². The van der Waals surface area contributed by atoms with Crippen LogP contribution in [0.15, 0.2) is 62.2 Å². The summed E-state index contributed by atoms with van der Waals surface area (Å²) in [5.41, 5.74) is 0.270. The van der Waals surface area contributed by atoms with Gasteiger partial charge in [-0.05, 0) is 24.3 Å². The van der Waals surface area contributed by atoms with E-state index >= 15 is 0 Å². The van der Waals surface area contributed by atoms with Gasteiger partial charge < -0.3 is 18.3 Å². The molecule has 0 amide bonds. The number of carbonyl (C=O) groups excluding carboxylic acids is 1. The minimum Gasteiger partial charge on any atom is -0.497 e. The third kappa shape index (κ3) is 2.61. The molecule has 0 fully saturated rings. The van der Waals surface area contributed by atoms with E-state index in [1.807, 2.05) is 18.2 Å². The number of benzene rings is 2. The lowest BCUT2D eigenvalue weighted by molar-refractivity contribution is -0.131. The molecule has 4 rings (SSSR count). The molecular weight excluding hydrogens is 336 g/mol. The summed E-state index contributed by atoms with van der Waals surface area (Å²) in [5, 5.41) is 1.29. The van der Waals surface area contributed by atoms with Crippen LogP contribution in [0.5, 0.6) is 11.5 Å². The fourth-order valence-corrected chi connectivity index (χ4v) is 2.85. The maximum atomic E-state index is 12.7. The van der Waals surface area contributed by atoms with E-state index in [0.29, 0.717) is 16.7 Å². The Bertz CT molecular complexity index is 1170. The quantitative estimate of drug-likeness (QED) is 0.408. The second kappa shape index (κ2) is 6.07. The molecule has 2 aromatic carbocycles. The van der Waals surface area contributed by atoms with Crippen LogP contribution in [-0.2, 0) is 4.79 Å². The van der Waals surface area contributed by atoms with Crippen molar-refractivity contribution in [2.45, 2.75) is 6.92 Å². The number of rotatable bonds is 3. The summed E-state index contributed by atoms with van der Waals surface area (Å²) in [4.78, 5) is 24.3. The molecule has 0 N–H and O–H groups in total. The Hall–Kier alpha value is -3.54. The number of fused-ring (bicyclic) bond motifs is 2. The summed E-state index contributed by atoms with van der Waals surface area (Å²) in [7, 11) is 1.51. The molecule has 0 spiro atoms. The Labute approximate surface area is 147 Å². The Morgan fingerprint density at radius 1 is 1.00 bits per heavy atom. The smallest absolute Gasteiger partial charge is 0.351 e. The molecule has 0 aliphatic carbocycles. The summed E-state index contributed by atoms with van der Waals surface area (Å²) in [6.07, 6.45) is 0. The zero-order valence-electron chi connectivity index (χ0n) is 14.1. The van der Waals surface area contributed by atoms with Gasteiger partial charge in [-0.15, -0.1) is 0 Å². The van der Waals surface area contributed by atoms with Gasteiger partial charge in [0.05, 0.1) is 12.5 Å². The van der Waals surface area contributed by atoms with Crippen molar-refractivity contribution in [2.75, 3.05) is 7.11 Å². The van der Waals surface area contributed by atoms with Crippen LogP contribution < -0.4 is 15.1 Å². The molecule has 0 bridgehead atoms. The first-order valence-corrected chi connectivity index (χ1v) is 7.89. The van der Waals surface area contributed by atoms with Crippen molar-refractivity contribution in [3.8, 4) is 22.8 Å². The molecule has 130 valence electrons. The monoisotopic (exact) mass is 350 g/mol. The summed E-state index contributed by atoms with van der Waals surface area (Å²) in [5.74, 6) is 0.343. The van der Waals surface area contributed by atoms with E-state index < -0.39 is 11.6 Å². The zero-order valence-corrected chi connectivity index (χ0v) is 14.1. The number of para-hydroxylation sites is 1. The minimum absolute atomic E-state index is 0.0640. The number of carbonyl (C=O) groups is 1. The molecule has 6 nitrogen and oxygen atoms in total. The Morgan fingerprint density at radius 2 is 1.81 bits per heavy atom. The van der Waals surface area contributed by atoms with Crippen LogP contribution in [0.2, 0.25) is 0 Å². The Kier molecular flexibility index (Phi) is 3.73. The molecule has 2 aromatic heterocycles. The van der Waals surface area contributed by atoms with Gasteiger partial charge in [-0.1, -0.05) is 18.2 Å². The molecule has 26 heavy (non-hydrogen) atoms. The van der Waals surface area contributed by atoms with Crippen molar-refractivity contribution in [2.24, 2.45) is 0 Å². The number of furan rings is 1.